The number of likely N-dealkylation sites (tertiary alicyclic amines) is 1. The largest absolute Gasteiger partial charge is 0.494 e. The smallest absolute Gasteiger partial charge is 0.119 e. The highest BCUT2D eigenvalue weighted by molar-refractivity contribution is 5.28. The number of aliphatic hydroxyl groups is 1. The second kappa shape index (κ2) is 7.78. The van der Waals surface area contributed by atoms with Gasteiger partial charge in [-0.25, -0.2) is 0 Å². The van der Waals surface area contributed by atoms with Crippen molar-refractivity contribution >= 4 is 0 Å². The Bertz CT molecular complexity index is 421. The van der Waals surface area contributed by atoms with Crippen molar-refractivity contribution in [2.24, 2.45) is 0 Å². The van der Waals surface area contributed by atoms with Crippen molar-refractivity contribution < 1.29 is 9.84 Å². The lowest BCUT2D eigenvalue weighted by molar-refractivity contribution is 0.113. The fourth-order valence-electron chi connectivity index (χ4n) is 3.00. The summed E-state index contributed by atoms with van der Waals surface area (Å²) in [6, 6.07) is 8.37. The summed E-state index contributed by atoms with van der Waals surface area (Å²) in [4.78, 5) is 4.65. The summed E-state index contributed by atoms with van der Waals surface area (Å²) in [5, 5.41) is 10.4. The van der Waals surface area contributed by atoms with E-state index in [-0.39, 0.29) is 0 Å². The van der Waals surface area contributed by atoms with Crippen molar-refractivity contribution in [2.45, 2.75) is 31.9 Å². The SMILES string of the molecule is CCOc1ccc(C(O)CN(C)CC2CCCN2C)cc1. The lowest BCUT2D eigenvalue weighted by Crippen LogP contribution is -2.38. The molecule has 1 fully saturated rings. The molecule has 1 aliphatic heterocycles. The van der Waals surface area contributed by atoms with Crippen LogP contribution < -0.4 is 4.74 Å². The zero-order valence-corrected chi connectivity index (χ0v) is 13.5. The van der Waals surface area contributed by atoms with Crippen LogP contribution >= 0.6 is 0 Å². The molecule has 0 radical (unpaired) electrons. The first-order valence-corrected chi connectivity index (χ1v) is 7.89. The number of hydrogen-bond acceptors (Lipinski definition) is 4. The van der Waals surface area contributed by atoms with E-state index in [1.165, 1.54) is 19.4 Å². The van der Waals surface area contributed by atoms with Gasteiger partial charge < -0.3 is 19.6 Å². The third-order valence-corrected chi connectivity index (χ3v) is 4.25. The topological polar surface area (TPSA) is 35.9 Å². The molecule has 1 aliphatic rings. The summed E-state index contributed by atoms with van der Waals surface area (Å²) in [7, 11) is 4.28. The van der Waals surface area contributed by atoms with Crippen molar-refractivity contribution in [2.75, 3.05) is 40.3 Å². The van der Waals surface area contributed by atoms with Crippen LogP contribution in [0, 0.1) is 0 Å². The molecule has 21 heavy (non-hydrogen) atoms. The highest BCUT2D eigenvalue weighted by atomic mass is 16.5. The molecule has 1 N–H and O–H groups in total. The molecule has 4 nitrogen and oxygen atoms in total. The van der Waals surface area contributed by atoms with Gasteiger partial charge in [0.25, 0.3) is 0 Å². The maximum atomic E-state index is 10.4. The minimum Gasteiger partial charge on any atom is -0.494 e. The zero-order valence-electron chi connectivity index (χ0n) is 13.5. The van der Waals surface area contributed by atoms with E-state index >= 15 is 0 Å². The molecule has 4 heteroatoms. The van der Waals surface area contributed by atoms with Crippen molar-refractivity contribution in [1.82, 2.24) is 9.80 Å². The second-order valence-corrected chi connectivity index (χ2v) is 6.02. The van der Waals surface area contributed by atoms with E-state index in [1.807, 2.05) is 31.2 Å². The van der Waals surface area contributed by atoms with Crippen LogP contribution in [0.1, 0.15) is 31.4 Å². The van der Waals surface area contributed by atoms with E-state index < -0.39 is 6.10 Å². The van der Waals surface area contributed by atoms with Crippen LogP contribution in [0.3, 0.4) is 0 Å². The Morgan fingerprint density at radius 3 is 2.67 bits per heavy atom. The molecule has 1 heterocycles. The maximum absolute atomic E-state index is 10.4. The molecule has 0 amide bonds. The standard InChI is InChI=1S/C17H28N2O2/c1-4-21-16-9-7-14(8-10-16)17(20)13-18(2)12-15-6-5-11-19(15)3/h7-10,15,17,20H,4-6,11-13H2,1-3H3. The first-order chi connectivity index (χ1) is 10.1. The Morgan fingerprint density at radius 1 is 1.38 bits per heavy atom. The van der Waals surface area contributed by atoms with E-state index in [1.54, 1.807) is 0 Å². The number of likely N-dealkylation sites (N-methyl/N-ethyl adjacent to an activating group) is 2. The van der Waals surface area contributed by atoms with Gasteiger partial charge in [0.05, 0.1) is 12.7 Å². The van der Waals surface area contributed by atoms with Gasteiger partial charge in [-0.3, -0.25) is 0 Å². The van der Waals surface area contributed by atoms with Crippen LogP contribution in [-0.2, 0) is 0 Å². The van der Waals surface area contributed by atoms with Gasteiger partial charge in [-0.15, -0.1) is 0 Å². The molecule has 1 aromatic carbocycles. The average molecular weight is 292 g/mol. The molecule has 2 atom stereocenters. The van der Waals surface area contributed by atoms with E-state index in [0.29, 0.717) is 19.2 Å². The Balaban J connectivity index is 1.83. The fourth-order valence-corrected chi connectivity index (χ4v) is 3.00. The van der Waals surface area contributed by atoms with Crippen LogP contribution in [-0.4, -0.2) is 61.3 Å². The lowest BCUT2D eigenvalue weighted by Gasteiger charge is -2.27. The van der Waals surface area contributed by atoms with Gasteiger partial charge in [-0.1, -0.05) is 12.1 Å². The first kappa shape index (κ1) is 16.3. The summed E-state index contributed by atoms with van der Waals surface area (Å²) in [6.07, 6.45) is 2.11. The normalized spacial score (nSPS) is 20.9. The van der Waals surface area contributed by atoms with Gasteiger partial charge in [0.2, 0.25) is 0 Å². The number of aliphatic hydroxyl groups excluding tert-OH is 1. The number of hydrogen-bond donors (Lipinski definition) is 1. The Kier molecular flexibility index (Phi) is 6.03. The predicted molar refractivity (Wildman–Crippen MR) is 85.7 cm³/mol. The number of benzene rings is 1. The molecule has 1 saturated heterocycles. The maximum Gasteiger partial charge on any atom is 0.119 e. The van der Waals surface area contributed by atoms with Crippen molar-refractivity contribution in [3.8, 4) is 5.75 Å². The van der Waals surface area contributed by atoms with Gasteiger partial charge in [-0.05, 0) is 58.1 Å². The third kappa shape index (κ3) is 4.70. The molecule has 0 spiro atoms. The van der Waals surface area contributed by atoms with Crippen LogP contribution in [0.25, 0.3) is 0 Å². The quantitative estimate of drug-likeness (QED) is 0.835. The molecule has 0 aromatic heterocycles. The van der Waals surface area contributed by atoms with Gasteiger partial charge in [0.15, 0.2) is 0 Å². The van der Waals surface area contributed by atoms with Crippen LogP contribution in [0.4, 0.5) is 0 Å². The van der Waals surface area contributed by atoms with Crippen LogP contribution in [0.2, 0.25) is 0 Å². The summed E-state index contributed by atoms with van der Waals surface area (Å²) < 4.78 is 5.42. The molecule has 118 valence electrons. The Hall–Kier alpha value is -1.10. The molecule has 2 unspecified atom stereocenters. The predicted octanol–water partition coefficient (Wildman–Crippen LogP) is 2.14. The van der Waals surface area contributed by atoms with Gasteiger partial charge >= 0.3 is 0 Å². The summed E-state index contributed by atoms with van der Waals surface area (Å²) in [5.74, 6) is 0.856. The fraction of sp³-hybridized carbons (Fsp3) is 0.647. The van der Waals surface area contributed by atoms with E-state index in [2.05, 4.69) is 23.9 Å². The Morgan fingerprint density at radius 2 is 2.10 bits per heavy atom. The highest BCUT2D eigenvalue weighted by Gasteiger charge is 2.23. The number of nitrogens with zero attached hydrogens (tertiary/aromatic N) is 2. The zero-order chi connectivity index (χ0) is 15.2. The highest BCUT2D eigenvalue weighted by Crippen LogP contribution is 2.20. The van der Waals surface area contributed by atoms with Crippen LogP contribution in [0.15, 0.2) is 24.3 Å². The number of ether oxygens (including phenoxy) is 1. The summed E-state index contributed by atoms with van der Waals surface area (Å²) >= 11 is 0. The first-order valence-electron chi connectivity index (χ1n) is 7.89. The lowest BCUT2D eigenvalue weighted by atomic mass is 10.1. The molecule has 0 saturated carbocycles. The summed E-state index contributed by atoms with van der Waals surface area (Å²) in [6.45, 7) is 5.51. The number of rotatable bonds is 7. The molecule has 0 aliphatic carbocycles. The molecule has 2 rings (SSSR count). The second-order valence-electron chi connectivity index (χ2n) is 6.02. The van der Waals surface area contributed by atoms with Gasteiger partial charge in [-0.2, -0.15) is 0 Å². The minimum absolute atomic E-state index is 0.447. The van der Waals surface area contributed by atoms with Crippen molar-refractivity contribution in [1.29, 1.82) is 0 Å². The average Bonchev–Trinajstić information content (AvgIpc) is 2.85. The van der Waals surface area contributed by atoms with E-state index in [0.717, 1.165) is 17.9 Å². The Labute approximate surface area is 128 Å². The van der Waals surface area contributed by atoms with Crippen molar-refractivity contribution in [3.63, 3.8) is 0 Å². The minimum atomic E-state index is -0.447. The molecular formula is C17H28N2O2. The summed E-state index contributed by atoms with van der Waals surface area (Å²) in [5.41, 5.74) is 0.949. The van der Waals surface area contributed by atoms with Crippen molar-refractivity contribution in [3.05, 3.63) is 29.8 Å². The van der Waals surface area contributed by atoms with E-state index in [4.69, 9.17) is 4.74 Å². The van der Waals surface area contributed by atoms with Crippen LogP contribution in [0.5, 0.6) is 5.75 Å². The monoisotopic (exact) mass is 292 g/mol. The van der Waals surface area contributed by atoms with Gasteiger partial charge in [0, 0.05) is 19.1 Å². The van der Waals surface area contributed by atoms with E-state index in [9.17, 15) is 5.11 Å². The van der Waals surface area contributed by atoms with Gasteiger partial charge in [0.1, 0.15) is 5.75 Å². The molecule has 1 aromatic rings. The third-order valence-electron chi connectivity index (χ3n) is 4.25. The molecule has 0 bridgehead atoms. The molecular weight excluding hydrogens is 264 g/mol.